The SMILES string of the molecule is COCCCN1C(=O)C(Nc2ccc(C)c(C)c2)=C(Sc2cccc(NC(=O)c3ccco3)c2)C1=O. The van der Waals surface area contributed by atoms with Crippen molar-refractivity contribution in [2.45, 2.75) is 25.2 Å². The van der Waals surface area contributed by atoms with Crippen molar-refractivity contribution in [2.75, 3.05) is 30.9 Å². The quantitative estimate of drug-likeness (QED) is 0.296. The van der Waals surface area contributed by atoms with Gasteiger partial charge in [0.25, 0.3) is 17.7 Å². The first-order valence-corrected chi connectivity index (χ1v) is 12.3. The van der Waals surface area contributed by atoms with Gasteiger partial charge in [0.15, 0.2) is 5.76 Å². The van der Waals surface area contributed by atoms with Gasteiger partial charge in [0, 0.05) is 36.5 Å². The number of nitrogens with zero attached hydrogens (tertiary/aromatic N) is 1. The van der Waals surface area contributed by atoms with Crippen LogP contribution in [-0.2, 0) is 14.3 Å². The zero-order valence-electron chi connectivity index (χ0n) is 20.3. The van der Waals surface area contributed by atoms with Gasteiger partial charge in [-0.3, -0.25) is 19.3 Å². The van der Waals surface area contributed by atoms with Crippen LogP contribution in [0.15, 0.2) is 80.8 Å². The van der Waals surface area contributed by atoms with E-state index in [2.05, 4.69) is 10.6 Å². The summed E-state index contributed by atoms with van der Waals surface area (Å²) in [4.78, 5) is 41.2. The molecule has 9 heteroatoms. The smallest absolute Gasteiger partial charge is 0.291 e. The number of imide groups is 1. The summed E-state index contributed by atoms with van der Waals surface area (Å²) >= 11 is 1.18. The van der Waals surface area contributed by atoms with E-state index in [1.54, 1.807) is 37.4 Å². The molecule has 3 amide bonds. The monoisotopic (exact) mass is 505 g/mol. The number of carbonyl (C=O) groups is 3. The van der Waals surface area contributed by atoms with Crippen LogP contribution in [0.1, 0.15) is 28.1 Å². The highest BCUT2D eigenvalue weighted by Crippen LogP contribution is 2.37. The Kier molecular flexibility index (Phi) is 7.92. The van der Waals surface area contributed by atoms with Crippen molar-refractivity contribution in [1.82, 2.24) is 4.90 Å². The third kappa shape index (κ3) is 5.69. The summed E-state index contributed by atoms with van der Waals surface area (Å²) in [6, 6.07) is 16.1. The first-order chi connectivity index (χ1) is 17.4. The van der Waals surface area contributed by atoms with Gasteiger partial charge in [0.05, 0.1) is 6.26 Å². The lowest BCUT2D eigenvalue weighted by molar-refractivity contribution is -0.137. The van der Waals surface area contributed by atoms with Gasteiger partial charge in [0.2, 0.25) is 0 Å². The van der Waals surface area contributed by atoms with E-state index in [0.29, 0.717) is 28.5 Å². The minimum absolute atomic E-state index is 0.193. The Hall–Kier alpha value is -3.82. The molecule has 0 saturated heterocycles. The largest absolute Gasteiger partial charge is 0.459 e. The second-order valence-electron chi connectivity index (χ2n) is 8.30. The van der Waals surface area contributed by atoms with Gasteiger partial charge in [-0.15, -0.1) is 0 Å². The Morgan fingerprint density at radius 1 is 1.00 bits per heavy atom. The third-order valence-electron chi connectivity index (χ3n) is 5.69. The molecule has 1 aliphatic heterocycles. The minimum Gasteiger partial charge on any atom is -0.459 e. The van der Waals surface area contributed by atoms with Crippen LogP contribution in [0, 0.1) is 13.8 Å². The number of hydrogen-bond acceptors (Lipinski definition) is 7. The van der Waals surface area contributed by atoms with Crippen molar-refractivity contribution in [3.8, 4) is 0 Å². The molecule has 2 aromatic carbocycles. The zero-order chi connectivity index (χ0) is 25.7. The fraction of sp³-hybridized carbons (Fsp3) is 0.222. The van der Waals surface area contributed by atoms with Crippen molar-refractivity contribution in [3.63, 3.8) is 0 Å². The standard InChI is InChI=1S/C27H27N3O5S/c1-17-10-11-20(15-18(17)2)28-23-24(27(33)30(26(23)32)12-6-13-34-3)36-21-8-4-7-19(16-21)29-25(31)22-9-5-14-35-22/h4-5,7-11,14-16,28H,6,12-13H2,1-3H3,(H,29,31). The fourth-order valence-corrected chi connectivity index (χ4v) is 4.65. The van der Waals surface area contributed by atoms with Crippen LogP contribution >= 0.6 is 11.8 Å². The van der Waals surface area contributed by atoms with E-state index in [0.717, 1.165) is 16.8 Å². The number of methoxy groups -OCH3 is 1. The van der Waals surface area contributed by atoms with Crippen LogP contribution in [0.5, 0.6) is 0 Å². The first kappa shape index (κ1) is 25.3. The van der Waals surface area contributed by atoms with Gasteiger partial charge >= 0.3 is 0 Å². The highest BCUT2D eigenvalue weighted by molar-refractivity contribution is 8.04. The van der Waals surface area contributed by atoms with Gasteiger partial charge in [-0.1, -0.05) is 23.9 Å². The zero-order valence-corrected chi connectivity index (χ0v) is 21.1. The van der Waals surface area contributed by atoms with Crippen molar-refractivity contribution in [2.24, 2.45) is 0 Å². The number of thioether (sulfide) groups is 1. The molecule has 8 nitrogen and oxygen atoms in total. The molecule has 1 aliphatic rings. The van der Waals surface area contributed by atoms with Crippen LogP contribution in [0.2, 0.25) is 0 Å². The number of aryl methyl sites for hydroxylation is 2. The number of rotatable bonds is 10. The van der Waals surface area contributed by atoms with Crippen molar-refractivity contribution in [1.29, 1.82) is 0 Å². The maximum atomic E-state index is 13.3. The molecular formula is C27H27N3O5S. The molecule has 1 aromatic heterocycles. The molecule has 2 heterocycles. The average Bonchev–Trinajstić information content (AvgIpc) is 3.47. The number of benzene rings is 2. The van der Waals surface area contributed by atoms with Gasteiger partial charge in [-0.2, -0.15) is 0 Å². The van der Waals surface area contributed by atoms with Gasteiger partial charge in [-0.05, 0) is 73.9 Å². The summed E-state index contributed by atoms with van der Waals surface area (Å²) in [5, 5.41) is 5.96. The molecule has 0 aliphatic carbocycles. The molecule has 0 bridgehead atoms. The molecule has 0 unspecified atom stereocenters. The summed E-state index contributed by atoms with van der Waals surface area (Å²) in [6.45, 7) is 4.70. The molecule has 0 spiro atoms. The van der Waals surface area contributed by atoms with Crippen molar-refractivity contribution >= 4 is 40.9 Å². The van der Waals surface area contributed by atoms with E-state index in [1.165, 1.54) is 22.9 Å². The summed E-state index contributed by atoms with van der Waals surface area (Å²) in [5.74, 6) is -0.926. The lowest BCUT2D eigenvalue weighted by Gasteiger charge is -2.15. The summed E-state index contributed by atoms with van der Waals surface area (Å²) in [6.07, 6.45) is 1.97. The fourth-order valence-electron chi connectivity index (χ4n) is 3.65. The average molecular weight is 506 g/mol. The molecule has 36 heavy (non-hydrogen) atoms. The van der Waals surface area contributed by atoms with E-state index in [9.17, 15) is 14.4 Å². The highest BCUT2D eigenvalue weighted by Gasteiger charge is 2.38. The number of carbonyl (C=O) groups excluding carboxylic acids is 3. The Morgan fingerprint density at radius 3 is 2.56 bits per heavy atom. The number of hydrogen-bond donors (Lipinski definition) is 2. The number of anilines is 2. The minimum atomic E-state index is -0.380. The summed E-state index contributed by atoms with van der Waals surface area (Å²) in [5.41, 5.74) is 3.71. The predicted molar refractivity (Wildman–Crippen MR) is 139 cm³/mol. The van der Waals surface area contributed by atoms with Gasteiger partial charge in [-0.25, -0.2) is 0 Å². The lowest BCUT2D eigenvalue weighted by Crippen LogP contribution is -2.33. The third-order valence-corrected chi connectivity index (χ3v) is 6.76. The molecule has 0 atom stereocenters. The Morgan fingerprint density at radius 2 is 1.83 bits per heavy atom. The number of nitrogens with one attached hydrogen (secondary N) is 2. The highest BCUT2D eigenvalue weighted by atomic mass is 32.2. The molecule has 0 saturated carbocycles. The second kappa shape index (κ2) is 11.3. The predicted octanol–water partition coefficient (Wildman–Crippen LogP) is 4.97. The van der Waals surface area contributed by atoms with E-state index < -0.39 is 0 Å². The van der Waals surface area contributed by atoms with E-state index >= 15 is 0 Å². The Labute approximate surface area is 213 Å². The van der Waals surface area contributed by atoms with Gasteiger partial charge in [0.1, 0.15) is 10.6 Å². The van der Waals surface area contributed by atoms with E-state index in [1.807, 2.05) is 38.1 Å². The molecule has 3 aromatic rings. The Balaban J connectivity index is 1.60. The van der Waals surface area contributed by atoms with Crippen molar-refractivity contribution in [3.05, 3.63) is 88.3 Å². The van der Waals surface area contributed by atoms with Crippen LogP contribution < -0.4 is 10.6 Å². The maximum Gasteiger partial charge on any atom is 0.291 e. The molecule has 2 N–H and O–H groups in total. The van der Waals surface area contributed by atoms with Gasteiger partial charge < -0.3 is 19.8 Å². The molecular weight excluding hydrogens is 478 g/mol. The topological polar surface area (TPSA) is 101 Å². The Bertz CT molecular complexity index is 1320. The second-order valence-corrected chi connectivity index (χ2v) is 9.38. The summed E-state index contributed by atoms with van der Waals surface area (Å²) < 4.78 is 10.2. The van der Waals surface area contributed by atoms with E-state index in [4.69, 9.17) is 9.15 Å². The number of amides is 3. The normalized spacial score (nSPS) is 13.5. The number of ether oxygens (including phenoxy) is 1. The van der Waals surface area contributed by atoms with E-state index in [-0.39, 0.29) is 35.7 Å². The van der Waals surface area contributed by atoms with Crippen molar-refractivity contribution < 1.29 is 23.5 Å². The van der Waals surface area contributed by atoms with Crippen LogP contribution in [0.25, 0.3) is 0 Å². The molecule has 0 radical (unpaired) electrons. The maximum absolute atomic E-state index is 13.3. The summed E-state index contributed by atoms with van der Waals surface area (Å²) in [7, 11) is 1.58. The van der Waals surface area contributed by atoms with Crippen LogP contribution in [-0.4, -0.2) is 42.9 Å². The molecule has 0 fully saturated rings. The molecule has 186 valence electrons. The first-order valence-electron chi connectivity index (χ1n) is 11.4. The molecule has 4 rings (SSSR count). The van der Waals surface area contributed by atoms with Crippen LogP contribution in [0.3, 0.4) is 0 Å². The van der Waals surface area contributed by atoms with Crippen LogP contribution in [0.4, 0.5) is 11.4 Å². The lowest BCUT2D eigenvalue weighted by atomic mass is 10.1. The number of furan rings is 1.